The van der Waals surface area contributed by atoms with Gasteiger partial charge in [0.2, 0.25) is 5.75 Å². The third-order valence-electron chi connectivity index (χ3n) is 3.24. The standard InChI is InChI=1S/C17H19NO4/c1-18(13-8-5-4-6-9-13)16(19)12-22-17-14(20-2)10-7-11-15(17)21-3/h4-11H,12H2,1-3H3. The van der Waals surface area contributed by atoms with E-state index >= 15 is 0 Å². The van der Waals surface area contributed by atoms with Crippen LogP contribution in [0.2, 0.25) is 0 Å². The highest BCUT2D eigenvalue weighted by atomic mass is 16.5. The van der Waals surface area contributed by atoms with Crippen LogP contribution in [-0.2, 0) is 4.79 Å². The van der Waals surface area contributed by atoms with E-state index < -0.39 is 0 Å². The van der Waals surface area contributed by atoms with Gasteiger partial charge in [0.15, 0.2) is 18.1 Å². The number of benzene rings is 2. The van der Waals surface area contributed by atoms with Gasteiger partial charge in [-0.1, -0.05) is 24.3 Å². The summed E-state index contributed by atoms with van der Waals surface area (Å²) in [5.41, 5.74) is 0.808. The molecule has 0 radical (unpaired) electrons. The molecule has 0 bridgehead atoms. The van der Waals surface area contributed by atoms with Crippen LogP contribution in [0.4, 0.5) is 5.69 Å². The molecule has 116 valence electrons. The lowest BCUT2D eigenvalue weighted by molar-refractivity contribution is -0.120. The van der Waals surface area contributed by atoms with E-state index in [0.717, 1.165) is 5.69 Å². The summed E-state index contributed by atoms with van der Waals surface area (Å²) in [6.45, 7) is -0.109. The molecule has 2 aromatic carbocycles. The van der Waals surface area contributed by atoms with E-state index in [1.165, 1.54) is 0 Å². The second-order valence-electron chi connectivity index (χ2n) is 4.57. The molecule has 0 fully saturated rings. The van der Waals surface area contributed by atoms with Crippen molar-refractivity contribution < 1.29 is 19.0 Å². The van der Waals surface area contributed by atoms with Gasteiger partial charge in [0, 0.05) is 12.7 Å². The molecule has 0 saturated heterocycles. The van der Waals surface area contributed by atoms with E-state index in [9.17, 15) is 4.79 Å². The van der Waals surface area contributed by atoms with Gasteiger partial charge in [0.25, 0.3) is 5.91 Å². The number of hydrogen-bond acceptors (Lipinski definition) is 4. The molecule has 0 unspecified atom stereocenters. The molecule has 2 rings (SSSR count). The second-order valence-corrected chi connectivity index (χ2v) is 4.57. The van der Waals surface area contributed by atoms with Gasteiger partial charge < -0.3 is 19.1 Å². The summed E-state index contributed by atoms with van der Waals surface area (Å²) in [6, 6.07) is 14.7. The Morgan fingerprint density at radius 1 is 0.955 bits per heavy atom. The molecule has 22 heavy (non-hydrogen) atoms. The summed E-state index contributed by atoms with van der Waals surface area (Å²) in [5, 5.41) is 0. The molecular formula is C17H19NO4. The number of nitrogens with zero attached hydrogens (tertiary/aromatic N) is 1. The van der Waals surface area contributed by atoms with Crippen LogP contribution in [0.25, 0.3) is 0 Å². The fourth-order valence-corrected chi connectivity index (χ4v) is 1.99. The number of carbonyl (C=O) groups is 1. The molecule has 0 N–H and O–H groups in total. The summed E-state index contributed by atoms with van der Waals surface area (Å²) in [5.74, 6) is 1.30. The number of likely N-dealkylation sites (N-methyl/N-ethyl adjacent to an activating group) is 1. The zero-order valence-electron chi connectivity index (χ0n) is 12.9. The molecule has 0 aliphatic heterocycles. The van der Waals surface area contributed by atoms with Crippen molar-refractivity contribution >= 4 is 11.6 Å². The number of ether oxygens (including phenoxy) is 3. The van der Waals surface area contributed by atoms with Crippen LogP contribution >= 0.6 is 0 Å². The number of amides is 1. The minimum absolute atomic E-state index is 0.109. The monoisotopic (exact) mass is 301 g/mol. The molecule has 0 aliphatic rings. The first-order valence-corrected chi connectivity index (χ1v) is 6.82. The smallest absolute Gasteiger partial charge is 0.264 e. The molecule has 0 atom stereocenters. The maximum absolute atomic E-state index is 12.2. The third-order valence-corrected chi connectivity index (χ3v) is 3.24. The zero-order valence-corrected chi connectivity index (χ0v) is 12.9. The number of para-hydroxylation sites is 2. The minimum atomic E-state index is -0.167. The van der Waals surface area contributed by atoms with Crippen molar-refractivity contribution in [3.05, 3.63) is 48.5 Å². The number of carbonyl (C=O) groups excluding carboxylic acids is 1. The first-order valence-electron chi connectivity index (χ1n) is 6.82. The van der Waals surface area contributed by atoms with Gasteiger partial charge in [0.1, 0.15) is 0 Å². The SMILES string of the molecule is COc1cccc(OC)c1OCC(=O)N(C)c1ccccc1. The molecular weight excluding hydrogens is 282 g/mol. The normalized spacial score (nSPS) is 9.95. The lowest BCUT2D eigenvalue weighted by Crippen LogP contribution is -2.31. The van der Waals surface area contributed by atoms with E-state index in [1.54, 1.807) is 44.4 Å². The molecule has 5 heteroatoms. The predicted octanol–water partition coefficient (Wildman–Crippen LogP) is 2.75. The van der Waals surface area contributed by atoms with Crippen molar-refractivity contribution in [3.63, 3.8) is 0 Å². The Morgan fingerprint density at radius 2 is 1.55 bits per heavy atom. The Bertz CT molecular complexity index is 606. The third kappa shape index (κ3) is 3.49. The Morgan fingerprint density at radius 3 is 2.09 bits per heavy atom. The van der Waals surface area contributed by atoms with E-state index in [-0.39, 0.29) is 12.5 Å². The maximum atomic E-state index is 12.2. The number of anilines is 1. The van der Waals surface area contributed by atoms with Gasteiger partial charge in [-0.25, -0.2) is 0 Å². The van der Waals surface area contributed by atoms with E-state index in [1.807, 2.05) is 30.3 Å². The highest BCUT2D eigenvalue weighted by molar-refractivity contribution is 5.93. The fourth-order valence-electron chi connectivity index (χ4n) is 1.99. The fraction of sp³-hybridized carbons (Fsp3) is 0.235. The number of hydrogen-bond donors (Lipinski definition) is 0. The van der Waals surface area contributed by atoms with Crippen molar-refractivity contribution in [3.8, 4) is 17.2 Å². The average Bonchev–Trinajstić information content (AvgIpc) is 2.59. The molecule has 1 amide bonds. The van der Waals surface area contributed by atoms with Gasteiger partial charge >= 0.3 is 0 Å². The number of rotatable bonds is 6. The lowest BCUT2D eigenvalue weighted by Gasteiger charge is -2.19. The van der Waals surface area contributed by atoms with Crippen LogP contribution in [0.1, 0.15) is 0 Å². The highest BCUT2D eigenvalue weighted by Gasteiger charge is 2.16. The van der Waals surface area contributed by atoms with Crippen LogP contribution in [0.15, 0.2) is 48.5 Å². The summed E-state index contributed by atoms with van der Waals surface area (Å²) in [6.07, 6.45) is 0. The van der Waals surface area contributed by atoms with E-state index in [4.69, 9.17) is 14.2 Å². The number of methoxy groups -OCH3 is 2. The first kappa shape index (κ1) is 15.7. The first-order chi connectivity index (χ1) is 10.7. The largest absolute Gasteiger partial charge is 0.493 e. The average molecular weight is 301 g/mol. The van der Waals surface area contributed by atoms with Crippen molar-refractivity contribution in [1.29, 1.82) is 0 Å². The highest BCUT2D eigenvalue weighted by Crippen LogP contribution is 2.36. The molecule has 5 nitrogen and oxygen atoms in total. The van der Waals surface area contributed by atoms with Crippen LogP contribution < -0.4 is 19.1 Å². The summed E-state index contributed by atoms with van der Waals surface area (Å²) < 4.78 is 16.1. The Kier molecular flexibility index (Phi) is 5.25. The lowest BCUT2D eigenvalue weighted by atomic mass is 10.3. The molecule has 2 aromatic rings. The summed E-state index contributed by atoms with van der Waals surface area (Å²) in [4.78, 5) is 13.8. The van der Waals surface area contributed by atoms with E-state index in [0.29, 0.717) is 17.2 Å². The van der Waals surface area contributed by atoms with Crippen LogP contribution in [0.3, 0.4) is 0 Å². The topological polar surface area (TPSA) is 48.0 Å². The predicted molar refractivity (Wildman–Crippen MR) is 84.9 cm³/mol. The summed E-state index contributed by atoms with van der Waals surface area (Å²) in [7, 11) is 4.79. The minimum Gasteiger partial charge on any atom is -0.493 e. The van der Waals surface area contributed by atoms with Gasteiger partial charge in [-0.15, -0.1) is 0 Å². The van der Waals surface area contributed by atoms with E-state index in [2.05, 4.69) is 0 Å². The van der Waals surface area contributed by atoms with Gasteiger partial charge in [0.05, 0.1) is 14.2 Å². The van der Waals surface area contributed by atoms with Crippen LogP contribution in [-0.4, -0.2) is 33.8 Å². The summed E-state index contributed by atoms with van der Waals surface area (Å²) >= 11 is 0. The van der Waals surface area contributed by atoms with Crippen LogP contribution in [0.5, 0.6) is 17.2 Å². The van der Waals surface area contributed by atoms with Crippen LogP contribution in [0, 0.1) is 0 Å². The van der Waals surface area contributed by atoms with Gasteiger partial charge in [-0.05, 0) is 24.3 Å². The van der Waals surface area contributed by atoms with Crippen molar-refractivity contribution in [2.45, 2.75) is 0 Å². The molecule has 0 aromatic heterocycles. The molecule has 0 aliphatic carbocycles. The van der Waals surface area contributed by atoms with Crippen molar-refractivity contribution in [2.75, 3.05) is 32.8 Å². The Balaban J connectivity index is 2.08. The molecule has 0 saturated carbocycles. The Hall–Kier alpha value is -2.69. The van der Waals surface area contributed by atoms with Crippen molar-refractivity contribution in [2.24, 2.45) is 0 Å². The Labute approximate surface area is 130 Å². The zero-order chi connectivity index (χ0) is 15.9. The quantitative estimate of drug-likeness (QED) is 0.823. The van der Waals surface area contributed by atoms with Gasteiger partial charge in [-0.3, -0.25) is 4.79 Å². The van der Waals surface area contributed by atoms with Gasteiger partial charge in [-0.2, -0.15) is 0 Å². The molecule has 0 heterocycles. The second kappa shape index (κ2) is 7.36. The maximum Gasteiger partial charge on any atom is 0.264 e. The molecule has 0 spiro atoms. The van der Waals surface area contributed by atoms with Crippen molar-refractivity contribution in [1.82, 2.24) is 0 Å².